The fourth-order valence-electron chi connectivity index (χ4n) is 2.05. The molecule has 0 bridgehead atoms. The minimum atomic E-state index is -4.47. The van der Waals surface area contributed by atoms with E-state index in [4.69, 9.17) is 0 Å². The van der Waals surface area contributed by atoms with Crippen LogP contribution in [-0.4, -0.2) is 15.7 Å². The maximum Gasteiger partial charge on any atom is 0.416 e. The lowest BCUT2D eigenvalue weighted by molar-refractivity contribution is -0.137. The molecule has 25 heavy (non-hydrogen) atoms. The largest absolute Gasteiger partial charge is 0.416 e. The van der Waals surface area contributed by atoms with Gasteiger partial charge in [0, 0.05) is 11.8 Å². The second-order valence-corrected chi connectivity index (χ2v) is 7.00. The molecule has 0 radical (unpaired) electrons. The third-order valence-corrected chi connectivity index (χ3v) is 4.09. The molecule has 0 aliphatic carbocycles. The van der Waals surface area contributed by atoms with Crippen LogP contribution in [0.5, 0.6) is 0 Å². The second-order valence-electron chi connectivity index (χ2n) is 5.75. The molecule has 1 amide bonds. The highest BCUT2D eigenvalue weighted by Crippen LogP contribution is 2.32. The van der Waals surface area contributed by atoms with Gasteiger partial charge in [0.05, 0.1) is 21.0 Å². The van der Waals surface area contributed by atoms with Gasteiger partial charge >= 0.3 is 6.18 Å². The van der Waals surface area contributed by atoms with Crippen LogP contribution in [0.1, 0.15) is 31.9 Å². The van der Waals surface area contributed by atoms with E-state index in [-0.39, 0.29) is 11.3 Å². The highest BCUT2D eigenvalue weighted by atomic mass is 127. The molecule has 0 saturated carbocycles. The quantitative estimate of drug-likeness (QED) is 0.549. The first-order chi connectivity index (χ1) is 11.6. The number of carbonyl (C=O) groups excluding carboxylic acids is 1. The van der Waals surface area contributed by atoms with Crippen LogP contribution in [-0.2, 0) is 16.5 Å². The molecule has 0 spiro atoms. The van der Waals surface area contributed by atoms with Gasteiger partial charge in [-0.05, 0) is 61.6 Å². The van der Waals surface area contributed by atoms with Crippen LogP contribution >= 0.6 is 22.6 Å². The maximum absolute atomic E-state index is 12.9. The lowest BCUT2D eigenvalue weighted by Gasteiger charge is -2.24. The molecule has 1 aromatic heterocycles. The predicted octanol–water partition coefficient (Wildman–Crippen LogP) is 4.25. The van der Waals surface area contributed by atoms with E-state index in [1.165, 1.54) is 17.7 Å². The number of aromatic nitrogens is 2. The summed E-state index contributed by atoms with van der Waals surface area (Å²) in [5.41, 5.74) is -1.51. The van der Waals surface area contributed by atoms with E-state index in [1.807, 2.05) is 0 Å². The van der Waals surface area contributed by atoms with Crippen molar-refractivity contribution in [3.63, 3.8) is 0 Å². The molecule has 2 rings (SSSR count). The minimum absolute atomic E-state index is 0.108. The first kappa shape index (κ1) is 19.3. The molecule has 4 nitrogen and oxygen atoms in total. The number of nitrogens with zero attached hydrogens (tertiary/aromatic N) is 2. The van der Waals surface area contributed by atoms with Gasteiger partial charge in [-0.25, -0.2) is 0 Å². The summed E-state index contributed by atoms with van der Waals surface area (Å²) in [5.74, 6) is 4.75. The lowest BCUT2D eigenvalue weighted by atomic mass is 10.0. The monoisotopic (exact) mass is 461 g/mol. The highest BCUT2D eigenvalue weighted by molar-refractivity contribution is 14.1. The highest BCUT2D eigenvalue weighted by Gasteiger charge is 2.33. The van der Waals surface area contributed by atoms with Crippen LogP contribution in [0.2, 0.25) is 0 Å². The van der Waals surface area contributed by atoms with E-state index >= 15 is 0 Å². The topological polar surface area (TPSA) is 46.9 Å². The molecule has 0 aliphatic rings. The van der Waals surface area contributed by atoms with Crippen molar-refractivity contribution in [2.75, 3.05) is 5.32 Å². The molecule has 132 valence electrons. The third kappa shape index (κ3) is 4.34. The Bertz CT molecular complexity index is 860. The third-order valence-electron chi connectivity index (χ3n) is 3.53. The van der Waals surface area contributed by atoms with Crippen LogP contribution in [0, 0.1) is 15.4 Å². The molecule has 0 saturated heterocycles. The van der Waals surface area contributed by atoms with Gasteiger partial charge < -0.3 is 5.32 Å². The number of carbonyl (C=O) groups is 1. The van der Waals surface area contributed by atoms with Gasteiger partial charge in [-0.3, -0.25) is 9.48 Å². The van der Waals surface area contributed by atoms with Crippen LogP contribution in [0.3, 0.4) is 0 Å². The molecule has 0 unspecified atom stereocenters. The summed E-state index contributed by atoms with van der Waals surface area (Å²) in [6.07, 6.45) is -1.15. The summed E-state index contributed by atoms with van der Waals surface area (Å²) in [6, 6.07) is 3.06. The summed E-state index contributed by atoms with van der Waals surface area (Å²) in [5, 5.41) is 6.78. The Labute approximate surface area is 156 Å². The number of anilines is 1. The average Bonchev–Trinajstić information content (AvgIpc) is 2.95. The van der Waals surface area contributed by atoms with Crippen LogP contribution < -0.4 is 5.32 Å². The van der Waals surface area contributed by atoms with Gasteiger partial charge in [-0.1, -0.05) is 5.92 Å². The molecule has 1 heterocycles. The Morgan fingerprint density at radius 1 is 1.32 bits per heavy atom. The zero-order valence-electron chi connectivity index (χ0n) is 13.7. The van der Waals surface area contributed by atoms with E-state index in [1.54, 1.807) is 26.2 Å². The van der Waals surface area contributed by atoms with Crippen molar-refractivity contribution in [3.8, 4) is 11.8 Å². The average molecular weight is 461 g/mol. The first-order valence-corrected chi connectivity index (χ1v) is 8.29. The Hall–Kier alpha value is -2.02. The summed E-state index contributed by atoms with van der Waals surface area (Å²) >= 11 is 2.08. The smallest absolute Gasteiger partial charge is 0.323 e. The van der Waals surface area contributed by atoms with Gasteiger partial charge in [0.1, 0.15) is 5.54 Å². The molecule has 0 fully saturated rings. The predicted molar refractivity (Wildman–Crippen MR) is 96.9 cm³/mol. The van der Waals surface area contributed by atoms with Crippen LogP contribution in [0.4, 0.5) is 18.9 Å². The number of alkyl halides is 3. The molecule has 0 atom stereocenters. The summed E-state index contributed by atoms with van der Waals surface area (Å²) in [4.78, 5) is 12.6. The van der Waals surface area contributed by atoms with E-state index in [2.05, 4.69) is 44.8 Å². The minimum Gasteiger partial charge on any atom is -0.323 e. The molecular weight excluding hydrogens is 446 g/mol. The molecule has 8 heteroatoms. The zero-order valence-corrected chi connectivity index (χ0v) is 15.9. The van der Waals surface area contributed by atoms with Gasteiger partial charge in [0.2, 0.25) is 0 Å². The van der Waals surface area contributed by atoms with Crippen molar-refractivity contribution in [3.05, 3.63) is 45.3 Å². The number of halogens is 4. The molecule has 1 aromatic carbocycles. The van der Waals surface area contributed by atoms with Crippen molar-refractivity contribution >= 4 is 34.2 Å². The van der Waals surface area contributed by atoms with Crippen LogP contribution in [0.25, 0.3) is 0 Å². The zero-order chi connectivity index (χ0) is 18.8. The number of nitrogens with one attached hydrogen (secondary N) is 1. The Morgan fingerprint density at radius 2 is 2.00 bits per heavy atom. The second kappa shape index (κ2) is 7.07. The van der Waals surface area contributed by atoms with Gasteiger partial charge in [0.15, 0.2) is 0 Å². The lowest BCUT2D eigenvalue weighted by Crippen LogP contribution is -2.40. The SMILES string of the molecule is CC#Cc1cc(C(F)(F)F)ccc1NC(=O)C(C)(C)n1cc(I)cn1. The van der Waals surface area contributed by atoms with Crippen molar-refractivity contribution in [1.29, 1.82) is 0 Å². The van der Waals surface area contributed by atoms with E-state index in [0.29, 0.717) is 0 Å². The van der Waals surface area contributed by atoms with E-state index < -0.39 is 23.2 Å². The van der Waals surface area contributed by atoms with Crippen molar-refractivity contribution < 1.29 is 18.0 Å². The summed E-state index contributed by atoms with van der Waals surface area (Å²) in [6.45, 7) is 4.85. The van der Waals surface area contributed by atoms with E-state index in [0.717, 1.165) is 15.7 Å². The summed E-state index contributed by atoms with van der Waals surface area (Å²) in [7, 11) is 0. The molecule has 1 N–H and O–H groups in total. The van der Waals surface area contributed by atoms with E-state index in [9.17, 15) is 18.0 Å². The Morgan fingerprint density at radius 3 is 2.52 bits per heavy atom. The molecule has 0 aliphatic heterocycles. The standard InChI is InChI=1S/C17H15F3IN3O/c1-4-5-11-8-12(17(18,19)20)6-7-14(11)23-15(25)16(2,3)24-10-13(21)9-22-24/h6-10H,1-3H3,(H,23,25). The number of rotatable bonds is 3. The van der Waals surface area contributed by atoms with Gasteiger partial charge in [-0.2, -0.15) is 18.3 Å². The molecule has 2 aromatic rings. The van der Waals surface area contributed by atoms with Gasteiger partial charge in [-0.15, -0.1) is 5.92 Å². The maximum atomic E-state index is 12.9. The first-order valence-electron chi connectivity index (χ1n) is 7.22. The fourth-order valence-corrected chi connectivity index (χ4v) is 2.44. The number of amides is 1. The van der Waals surface area contributed by atoms with Crippen LogP contribution in [0.15, 0.2) is 30.6 Å². The number of benzene rings is 1. The molecular formula is C17H15F3IN3O. The van der Waals surface area contributed by atoms with Gasteiger partial charge in [0.25, 0.3) is 5.91 Å². The summed E-state index contributed by atoms with van der Waals surface area (Å²) < 4.78 is 41.0. The Balaban J connectivity index is 2.35. The fraction of sp³-hybridized carbons (Fsp3) is 0.294. The van der Waals surface area contributed by atoms with Crippen molar-refractivity contribution in [1.82, 2.24) is 9.78 Å². The normalized spacial score (nSPS) is 11.6. The van der Waals surface area contributed by atoms with Crippen molar-refractivity contribution in [2.24, 2.45) is 0 Å². The Kier molecular flexibility index (Phi) is 5.46. The van der Waals surface area contributed by atoms with Crippen molar-refractivity contribution in [2.45, 2.75) is 32.5 Å². The number of hydrogen-bond donors (Lipinski definition) is 1. The number of hydrogen-bond acceptors (Lipinski definition) is 2.